The van der Waals surface area contributed by atoms with Crippen LogP contribution < -0.4 is 11.1 Å². The quantitative estimate of drug-likeness (QED) is 0.636. The van der Waals surface area contributed by atoms with Gasteiger partial charge in [-0.05, 0) is 31.6 Å². The normalized spacial score (nSPS) is 19.3. The number of hydrogen-bond acceptors (Lipinski definition) is 3. The molecule has 0 heterocycles. The van der Waals surface area contributed by atoms with Gasteiger partial charge in [-0.3, -0.25) is 9.59 Å². The van der Waals surface area contributed by atoms with Crippen LogP contribution in [0.3, 0.4) is 0 Å². The van der Waals surface area contributed by atoms with Crippen LogP contribution in [0.15, 0.2) is 0 Å². The molecule has 20 heavy (non-hydrogen) atoms. The predicted octanol–water partition coefficient (Wildman–Crippen LogP) is 2.05. The number of nitrogens with two attached hydrogens (primary N) is 1. The summed E-state index contributed by atoms with van der Waals surface area (Å²) >= 11 is 0. The van der Waals surface area contributed by atoms with E-state index in [2.05, 4.69) is 5.32 Å². The van der Waals surface area contributed by atoms with Crippen LogP contribution in [0, 0.1) is 5.92 Å². The average molecular weight is 284 g/mol. The highest BCUT2D eigenvalue weighted by Gasteiger charge is 2.29. The Balaban J connectivity index is 2.14. The van der Waals surface area contributed by atoms with Gasteiger partial charge in [0.15, 0.2) is 0 Å². The summed E-state index contributed by atoms with van der Waals surface area (Å²) in [7, 11) is 0. The zero-order valence-electron chi connectivity index (χ0n) is 12.5. The molecule has 0 aromatic carbocycles. The topological polar surface area (TPSA) is 92.4 Å². The second kappa shape index (κ2) is 8.25. The first kappa shape index (κ1) is 17.0. The summed E-state index contributed by atoms with van der Waals surface area (Å²) in [6, 6.07) is 0. The lowest BCUT2D eigenvalue weighted by molar-refractivity contribution is -0.137. The summed E-state index contributed by atoms with van der Waals surface area (Å²) in [6.45, 7) is 2.62. The van der Waals surface area contributed by atoms with Crippen molar-refractivity contribution in [3.63, 3.8) is 0 Å². The van der Waals surface area contributed by atoms with Crippen LogP contribution in [-0.4, -0.2) is 29.1 Å². The molecule has 4 N–H and O–H groups in total. The second-order valence-electron chi connectivity index (χ2n) is 6.28. The maximum Gasteiger partial charge on any atom is 0.303 e. The van der Waals surface area contributed by atoms with Crippen LogP contribution in [0.1, 0.15) is 64.7 Å². The van der Waals surface area contributed by atoms with Crippen LogP contribution in [-0.2, 0) is 9.59 Å². The molecule has 116 valence electrons. The summed E-state index contributed by atoms with van der Waals surface area (Å²) in [5.41, 5.74) is 5.94. The molecule has 1 atom stereocenters. The predicted molar refractivity (Wildman–Crippen MR) is 78.3 cm³/mol. The van der Waals surface area contributed by atoms with Crippen molar-refractivity contribution in [1.29, 1.82) is 0 Å². The molecule has 0 aliphatic heterocycles. The molecule has 0 aromatic rings. The highest BCUT2D eigenvalue weighted by atomic mass is 16.4. The fourth-order valence-corrected chi connectivity index (χ4v) is 2.79. The smallest absolute Gasteiger partial charge is 0.303 e. The highest BCUT2D eigenvalue weighted by Crippen LogP contribution is 2.28. The van der Waals surface area contributed by atoms with Gasteiger partial charge in [-0.2, -0.15) is 0 Å². The summed E-state index contributed by atoms with van der Waals surface area (Å²) in [5.74, 6) is -0.420. The molecule has 1 saturated carbocycles. The summed E-state index contributed by atoms with van der Waals surface area (Å²) < 4.78 is 0. The molecule has 1 fully saturated rings. The fourth-order valence-electron chi connectivity index (χ4n) is 2.79. The standard InChI is InChI=1S/C15H28N2O3/c1-12(5-6-14(19)20)7-10-17-13(18)11-15(16)8-3-2-4-9-15/h12H,2-11,16H2,1H3,(H,17,18)(H,19,20). The molecular formula is C15H28N2O3. The lowest BCUT2D eigenvalue weighted by atomic mass is 9.80. The Morgan fingerprint density at radius 1 is 1.25 bits per heavy atom. The number of carbonyl (C=O) groups is 2. The van der Waals surface area contributed by atoms with E-state index in [0.29, 0.717) is 25.3 Å². The average Bonchev–Trinajstić information content (AvgIpc) is 2.36. The molecule has 0 spiro atoms. The van der Waals surface area contributed by atoms with E-state index in [1.54, 1.807) is 0 Å². The highest BCUT2D eigenvalue weighted by molar-refractivity contribution is 5.77. The van der Waals surface area contributed by atoms with Crippen molar-refractivity contribution in [2.24, 2.45) is 11.7 Å². The Kier molecular flexibility index (Phi) is 6.99. The first-order valence-electron chi connectivity index (χ1n) is 7.69. The lowest BCUT2D eigenvalue weighted by Crippen LogP contribution is -2.46. The Bertz CT molecular complexity index is 325. The lowest BCUT2D eigenvalue weighted by Gasteiger charge is -2.32. The first-order chi connectivity index (χ1) is 9.41. The van der Waals surface area contributed by atoms with Crippen molar-refractivity contribution in [2.75, 3.05) is 6.54 Å². The van der Waals surface area contributed by atoms with Crippen molar-refractivity contribution < 1.29 is 14.7 Å². The molecule has 5 nitrogen and oxygen atoms in total. The molecule has 1 aliphatic carbocycles. The van der Waals surface area contributed by atoms with Gasteiger partial charge < -0.3 is 16.2 Å². The summed E-state index contributed by atoms with van der Waals surface area (Å²) in [5, 5.41) is 11.5. The zero-order chi connectivity index (χ0) is 15.0. The Labute approximate surface area is 121 Å². The number of carboxylic acids is 1. The van der Waals surface area contributed by atoms with Crippen molar-refractivity contribution in [1.82, 2.24) is 5.32 Å². The third-order valence-electron chi connectivity index (χ3n) is 4.17. The number of carbonyl (C=O) groups excluding carboxylic acids is 1. The third kappa shape index (κ3) is 6.89. The minimum atomic E-state index is -0.761. The van der Waals surface area contributed by atoms with Gasteiger partial charge >= 0.3 is 5.97 Å². The Morgan fingerprint density at radius 3 is 2.50 bits per heavy atom. The second-order valence-corrected chi connectivity index (χ2v) is 6.28. The summed E-state index contributed by atoms with van der Waals surface area (Å²) in [4.78, 5) is 22.3. The maximum absolute atomic E-state index is 11.9. The van der Waals surface area contributed by atoms with Crippen LogP contribution in [0.4, 0.5) is 0 Å². The number of hydrogen-bond donors (Lipinski definition) is 3. The number of aliphatic carboxylic acids is 1. The van der Waals surface area contributed by atoms with Gasteiger partial charge in [0.2, 0.25) is 5.91 Å². The van der Waals surface area contributed by atoms with Crippen molar-refractivity contribution >= 4 is 11.9 Å². The van der Waals surface area contributed by atoms with Crippen LogP contribution in [0.2, 0.25) is 0 Å². The largest absolute Gasteiger partial charge is 0.481 e. The molecule has 0 radical (unpaired) electrons. The zero-order valence-corrected chi connectivity index (χ0v) is 12.5. The van der Waals surface area contributed by atoms with Gasteiger partial charge in [0.1, 0.15) is 0 Å². The van der Waals surface area contributed by atoms with Gasteiger partial charge in [0.05, 0.1) is 0 Å². The van der Waals surface area contributed by atoms with Crippen LogP contribution >= 0.6 is 0 Å². The van der Waals surface area contributed by atoms with Crippen molar-refractivity contribution in [2.45, 2.75) is 70.3 Å². The first-order valence-corrected chi connectivity index (χ1v) is 7.69. The SMILES string of the molecule is CC(CCNC(=O)CC1(N)CCCCC1)CCC(=O)O. The summed E-state index contributed by atoms with van der Waals surface area (Å²) in [6.07, 6.45) is 7.43. The van der Waals surface area contributed by atoms with E-state index < -0.39 is 5.97 Å². The van der Waals surface area contributed by atoms with E-state index >= 15 is 0 Å². The molecule has 0 saturated heterocycles. The Morgan fingerprint density at radius 2 is 1.90 bits per heavy atom. The molecule has 0 aromatic heterocycles. The van der Waals surface area contributed by atoms with Crippen LogP contribution in [0.25, 0.3) is 0 Å². The minimum Gasteiger partial charge on any atom is -0.481 e. The third-order valence-corrected chi connectivity index (χ3v) is 4.17. The van der Waals surface area contributed by atoms with E-state index in [9.17, 15) is 9.59 Å². The van der Waals surface area contributed by atoms with Gasteiger partial charge in [0.25, 0.3) is 0 Å². The molecule has 1 amide bonds. The number of amides is 1. The molecule has 0 bridgehead atoms. The van der Waals surface area contributed by atoms with E-state index in [0.717, 1.165) is 32.1 Å². The Hall–Kier alpha value is -1.10. The van der Waals surface area contributed by atoms with Gasteiger partial charge in [-0.15, -0.1) is 0 Å². The van der Waals surface area contributed by atoms with E-state index in [1.165, 1.54) is 6.42 Å². The van der Waals surface area contributed by atoms with Gasteiger partial charge in [-0.1, -0.05) is 26.2 Å². The maximum atomic E-state index is 11.9. The minimum absolute atomic E-state index is 0.0276. The van der Waals surface area contributed by atoms with Gasteiger partial charge in [0, 0.05) is 24.9 Å². The molecule has 1 aliphatic rings. The fraction of sp³-hybridized carbons (Fsp3) is 0.867. The number of nitrogens with one attached hydrogen (secondary N) is 1. The van der Waals surface area contributed by atoms with E-state index in [1.807, 2.05) is 6.92 Å². The number of rotatable bonds is 8. The molecular weight excluding hydrogens is 256 g/mol. The molecule has 1 unspecified atom stereocenters. The van der Waals surface area contributed by atoms with Crippen LogP contribution in [0.5, 0.6) is 0 Å². The number of carboxylic acid groups (broad SMARTS) is 1. The molecule has 5 heteroatoms. The van der Waals surface area contributed by atoms with E-state index in [-0.39, 0.29) is 17.9 Å². The molecule has 1 rings (SSSR count). The van der Waals surface area contributed by atoms with Crippen molar-refractivity contribution in [3.8, 4) is 0 Å². The van der Waals surface area contributed by atoms with Crippen molar-refractivity contribution in [3.05, 3.63) is 0 Å². The van der Waals surface area contributed by atoms with Gasteiger partial charge in [-0.25, -0.2) is 0 Å². The van der Waals surface area contributed by atoms with E-state index in [4.69, 9.17) is 10.8 Å². The monoisotopic (exact) mass is 284 g/mol.